The van der Waals surface area contributed by atoms with Crippen molar-refractivity contribution in [3.05, 3.63) is 54.6 Å². The molecule has 0 spiro atoms. The SMILES string of the molecule is C=CCOCCOC(C)c1ccc2cc(OC)ccc2c1. The van der Waals surface area contributed by atoms with Gasteiger partial charge in [-0.3, -0.25) is 0 Å². The summed E-state index contributed by atoms with van der Waals surface area (Å²) in [4.78, 5) is 0. The third kappa shape index (κ3) is 4.31. The molecule has 0 aliphatic rings. The summed E-state index contributed by atoms with van der Waals surface area (Å²) in [7, 11) is 1.68. The molecule has 0 bridgehead atoms. The molecule has 1 atom stereocenters. The Labute approximate surface area is 126 Å². The van der Waals surface area contributed by atoms with Crippen molar-refractivity contribution in [3.8, 4) is 5.75 Å². The Morgan fingerprint density at radius 1 is 1.10 bits per heavy atom. The van der Waals surface area contributed by atoms with E-state index in [0.717, 1.165) is 11.3 Å². The summed E-state index contributed by atoms with van der Waals surface area (Å²) in [5, 5.41) is 2.35. The maximum Gasteiger partial charge on any atom is 0.119 e. The first-order valence-corrected chi connectivity index (χ1v) is 7.12. The molecule has 1 unspecified atom stereocenters. The van der Waals surface area contributed by atoms with E-state index in [0.29, 0.717) is 19.8 Å². The molecule has 21 heavy (non-hydrogen) atoms. The normalized spacial score (nSPS) is 12.3. The van der Waals surface area contributed by atoms with Gasteiger partial charge >= 0.3 is 0 Å². The van der Waals surface area contributed by atoms with Crippen LogP contribution in [0.1, 0.15) is 18.6 Å². The minimum absolute atomic E-state index is 0.0452. The summed E-state index contributed by atoms with van der Waals surface area (Å²) in [6.07, 6.45) is 1.78. The van der Waals surface area contributed by atoms with Gasteiger partial charge in [-0.1, -0.05) is 24.3 Å². The molecule has 0 aliphatic heterocycles. The number of hydrogen-bond acceptors (Lipinski definition) is 3. The molecular formula is C18H22O3. The standard InChI is InChI=1S/C18H22O3/c1-4-9-20-10-11-21-14(2)15-5-6-17-13-18(19-3)8-7-16(17)12-15/h4-8,12-14H,1,9-11H2,2-3H3. The second kappa shape index (κ2) is 7.81. The van der Waals surface area contributed by atoms with E-state index in [9.17, 15) is 0 Å². The number of ether oxygens (including phenoxy) is 3. The quantitative estimate of drug-likeness (QED) is 0.539. The van der Waals surface area contributed by atoms with Gasteiger partial charge in [-0.15, -0.1) is 6.58 Å². The van der Waals surface area contributed by atoms with Gasteiger partial charge in [0.15, 0.2) is 0 Å². The molecule has 0 aliphatic carbocycles. The van der Waals surface area contributed by atoms with E-state index >= 15 is 0 Å². The fourth-order valence-corrected chi connectivity index (χ4v) is 2.17. The Kier molecular flexibility index (Phi) is 5.78. The molecule has 0 aromatic heterocycles. The summed E-state index contributed by atoms with van der Waals surface area (Å²) >= 11 is 0. The average Bonchev–Trinajstić information content (AvgIpc) is 2.53. The molecule has 2 aromatic carbocycles. The molecule has 112 valence electrons. The van der Waals surface area contributed by atoms with Crippen LogP contribution in [0.15, 0.2) is 49.1 Å². The van der Waals surface area contributed by atoms with Crippen molar-refractivity contribution in [2.24, 2.45) is 0 Å². The zero-order valence-corrected chi connectivity index (χ0v) is 12.7. The van der Waals surface area contributed by atoms with E-state index in [-0.39, 0.29) is 6.10 Å². The fourth-order valence-electron chi connectivity index (χ4n) is 2.17. The minimum Gasteiger partial charge on any atom is -0.497 e. The maximum atomic E-state index is 5.78. The Balaban J connectivity index is 1.99. The first-order chi connectivity index (χ1) is 10.2. The van der Waals surface area contributed by atoms with Crippen LogP contribution in [0.25, 0.3) is 10.8 Å². The van der Waals surface area contributed by atoms with Crippen molar-refractivity contribution in [2.45, 2.75) is 13.0 Å². The highest BCUT2D eigenvalue weighted by Crippen LogP contribution is 2.25. The second-order valence-electron chi connectivity index (χ2n) is 4.85. The average molecular weight is 286 g/mol. The zero-order valence-electron chi connectivity index (χ0n) is 12.7. The molecule has 3 nitrogen and oxygen atoms in total. The molecule has 2 rings (SSSR count). The second-order valence-corrected chi connectivity index (χ2v) is 4.85. The van der Waals surface area contributed by atoms with E-state index in [2.05, 4.69) is 37.8 Å². The highest BCUT2D eigenvalue weighted by Gasteiger charge is 2.07. The van der Waals surface area contributed by atoms with Crippen LogP contribution in [0.4, 0.5) is 0 Å². The van der Waals surface area contributed by atoms with E-state index in [1.807, 2.05) is 12.1 Å². The minimum atomic E-state index is 0.0452. The fraction of sp³-hybridized carbons (Fsp3) is 0.333. The molecule has 0 amide bonds. The molecule has 2 aromatic rings. The third-order valence-corrected chi connectivity index (χ3v) is 3.37. The Morgan fingerprint density at radius 2 is 1.86 bits per heavy atom. The van der Waals surface area contributed by atoms with E-state index in [4.69, 9.17) is 14.2 Å². The van der Waals surface area contributed by atoms with Crippen LogP contribution in [0.2, 0.25) is 0 Å². The van der Waals surface area contributed by atoms with Crippen LogP contribution in [0, 0.1) is 0 Å². The number of hydrogen-bond donors (Lipinski definition) is 0. The van der Waals surface area contributed by atoms with Gasteiger partial charge in [0, 0.05) is 0 Å². The van der Waals surface area contributed by atoms with Gasteiger partial charge in [0.05, 0.1) is 33.0 Å². The molecule has 0 saturated heterocycles. The van der Waals surface area contributed by atoms with Gasteiger partial charge in [0.1, 0.15) is 5.75 Å². The van der Waals surface area contributed by atoms with Crippen LogP contribution < -0.4 is 4.74 Å². The summed E-state index contributed by atoms with van der Waals surface area (Å²) in [6.45, 7) is 7.39. The van der Waals surface area contributed by atoms with Crippen LogP contribution in [0.5, 0.6) is 5.75 Å². The lowest BCUT2D eigenvalue weighted by Crippen LogP contribution is -2.07. The molecule has 0 N–H and O–H groups in total. The first kappa shape index (κ1) is 15.5. The smallest absolute Gasteiger partial charge is 0.119 e. The molecule has 0 heterocycles. The topological polar surface area (TPSA) is 27.7 Å². The van der Waals surface area contributed by atoms with Gasteiger partial charge in [-0.2, -0.15) is 0 Å². The molecule has 0 radical (unpaired) electrons. The lowest BCUT2D eigenvalue weighted by molar-refractivity contribution is 0.0181. The number of fused-ring (bicyclic) bond motifs is 1. The lowest BCUT2D eigenvalue weighted by atomic mass is 10.0. The predicted molar refractivity (Wildman–Crippen MR) is 85.9 cm³/mol. The largest absolute Gasteiger partial charge is 0.497 e. The van der Waals surface area contributed by atoms with E-state index in [1.165, 1.54) is 10.8 Å². The van der Waals surface area contributed by atoms with Gasteiger partial charge in [-0.05, 0) is 41.5 Å². The summed E-state index contributed by atoms with van der Waals surface area (Å²) in [6, 6.07) is 12.4. The molecule has 0 fully saturated rings. The predicted octanol–water partition coefficient (Wildman–Crippen LogP) is 4.13. The van der Waals surface area contributed by atoms with Crippen molar-refractivity contribution in [1.29, 1.82) is 0 Å². The summed E-state index contributed by atoms with van der Waals surface area (Å²) < 4.78 is 16.3. The number of rotatable bonds is 8. The first-order valence-electron chi connectivity index (χ1n) is 7.12. The Bertz CT molecular complexity index is 592. The Hall–Kier alpha value is -1.84. The number of benzene rings is 2. The summed E-state index contributed by atoms with van der Waals surface area (Å²) in [5.41, 5.74) is 1.16. The van der Waals surface area contributed by atoms with Crippen molar-refractivity contribution in [1.82, 2.24) is 0 Å². The van der Waals surface area contributed by atoms with Crippen LogP contribution >= 0.6 is 0 Å². The van der Waals surface area contributed by atoms with Gasteiger partial charge < -0.3 is 14.2 Å². The van der Waals surface area contributed by atoms with Gasteiger partial charge in [-0.25, -0.2) is 0 Å². The van der Waals surface area contributed by atoms with Crippen LogP contribution in [0.3, 0.4) is 0 Å². The highest BCUT2D eigenvalue weighted by atomic mass is 16.5. The maximum absolute atomic E-state index is 5.78. The van der Waals surface area contributed by atoms with Gasteiger partial charge in [0.2, 0.25) is 0 Å². The van der Waals surface area contributed by atoms with E-state index < -0.39 is 0 Å². The number of methoxy groups -OCH3 is 1. The van der Waals surface area contributed by atoms with Crippen molar-refractivity contribution >= 4 is 10.8 Å². The molecule has 3 heteroatoms. The highest BCUT2D eigenvalue weighted by molar-refractivity contribution is 5.84. The van der Waals surface area contributed by atoms with Crippen molar-refractivity contribution < 1.29 is 14.2 Å². The lowest BCUT2D eigenvalue weighted by Gasteiger charge is -2.14. The molecule has 0 saturated carbocycles. The summed E-state index contributed by atoms with van der Waals surface area (Å²) in [5.74, 6) is 0.874. The van der Waals surface area contributed by atoms with Gasteiger partial charge in [0.25, 0.3) is 0 Å². The van der Waals surface area contributed by atoms with Crippen LogP contribution in [-0.4, -0.2) is 26.9 Å². The van der Waals surface area contributed by atoms with Crippen molar-refractivity contribution in [3.63, 3.8) is 0 Å². The molecular weight excluding hydrogens is 264 g/mol. The van der Waals surface area contributed by atoms with Crippen molar-refractivity contribution in [2.75, 3.05) is 26.9 Å². The Morgan fingerprint density at radius 3 is 2.62 bits per heavy atom. The van der Waals surface area contributed by atoms with Crippen LogP contribution in [-0.2, 0) is 9.47 Å². The monoisotopic (exact) mass is 286 g/mol. The zero-order chi connectivity index (χ0) is 15.1. The third-order valence-electron chi connectivity index (χ3n) is 3.37. The van der Waals surface area contributed by atoms with E-state index in [1.54, 1.807) is 13.2 Å².